The molecule has 8 nitrogen and oxygen atoms in total. The van der Waals surface area contributed by atoms with Gasteiger partial charge in [0.05, 0.1) is 11.4 Å². The average molecular weight is 485 g/mol. The highest BCUT2D eigenvalue weighted by Crippen LogP contribution is 2.29. The number of aromatic nitrogens is 3. The second-order valence-corrected chi connectivity index (χ2v) is 9.62. The number of likely N-dealkylation sites (tertiary alicyclic amines) is 1. The van der Waals surface area contributed by atoms with Crippen molar-refractivity contribution >= 4 is 23.3 Å². The van der Waals surface area contributed by atoms with Crippen LogP contribution in [0.25, 0.3) is 0 Å². The molecule has 2 fully saturated rings. The van der Waals surface area contributed by atoms with Gasteiger partial charge in [-0.3, -0.25) is 14.6 Å². The van der Waals surface area contributed by atoms with E-state index in [9.17, 15) is 9.59 Å². The maximum Gasteiger partial charge on any atom is 0.272 e. The summed E-state index contributed by atoms with van der Waals surface area (Å²) in [6.07, 6.45) is 5.82. The summed E-state index contributed by atoms with van der Waals surface area (Å²) < 4.78 is 0. The number of benzene rings is 1. The van der Waals surface area contributed by atoms with Gasteiger partial charge in [-0.05, 0) is 43.9 Å². The van der Waals surface area contributed by atoms with Gasteiger partial charge in [0.25, 0.3) is 5.91 Å². The van der Waals surface area contributed by atoms with Gasteiger partial charge in [-0.2, -0.15) is 0 Å². The smallest absolute Gasteiger partial charge is 0.272 e. The van der Waals surface area contributed by atoms with Gasteiger partial charge in [-0.1, -0.05) is 30.3 Å². The summed E-state index contributed by atoms with van der Waals surface area (Å²) in [5.74, 6) is 1.11. The van der Waals surface area contributed by atoms with E-state index < -0.39 is 0 Å². The van der Waals surface area contributed by atoms with E-state index >= 15 is 0 Å². The number of hydrogen-bond acceptors (Lipinski definition) is 6. The molecule has 3 aromatic rings. The van der Waals surface area contributed by atoms with Gasteiger partial charge >= 0.3 is 0 Å². The minimum Gasteiger partial charge on any atom is -0.356 e. The van der Waals surface area contributed by atoms with Crippen LogP contribution in [0.15, 0.2) is 61.1 Å². The van der Waals surface area contributed by atoms with Gasteiger partial charge in [0.15, 0.2) is 0 Å². The molecule has 1 atom stereocenters. The van der Waals surface area contributed by atoms with Gasteiger partial charge in [0.1, 0.15) is 17.8 Å². The van der Waals surface area contributed by atoms with Crippen molar-refractivity contribution in [3.05, 3.63) is 78.0 Å². The van der Waals surface area contributed by atoms with Crippen LogP contribution >= 0.6 is 0 Å². The van der Waals surface area contributed by atoms with Gasteiger partial charge in [0.2, 0.25) is 5.91 Å². The molecule has 0 spiro atoms. The van der Waals surface area contributed by atoms with Gasteiger partial charge in [0, 0.05) is 57.3 Å². The molecule has 0 radical (unpaired) electrons. The van der Waals surface area contributed by atoms with E-state index in [0.717, 1.165) is 56.1 Å². The number of carbonyl (C=O) groups excluding carboxylic acids is 2. The Kier molecular flexibility index (Phi) is 6.93. The number of nitrogens with zero attached hydrogens (tertiary/aromatic N) is 6. The Balaban J connectivity index is 1.24. The zero-order valence-electron chi connectivity index (χ0n) is 20.9. The van der Waals surface area contributed by atoms with E-state index in [4.69, 9.17) is 0 Å². The standard InChI is InChI=1S/C28H32N6O2/c1-20-26(9-6-13-29-20)34(21(2)35)24-11-15-32(16-12-24)27-17-25(30-19-31-27)28(36)33-14-10-23(18-33)22-7-4-3-5-8-22/h3-9,13,17,19,23-24H,10-12,14-16,18H2,1-2H3. The van der Waals surface area contributed by atoms with Crippen molar-refractivity contribution in [2.45, 2.75) is 45.1 Å². The quantitative estimate of drug-likeness (QED) is 0.547. The summed E-state index contributed by atoms with van der Waals surface area (Å²) >= 11 is 0. The lowest BCUT2D eigenvalue weighted by Crippen LogP contribution is -2.47. The third kappa shape index (κ3) is 4.94. The fourth-order valence-corrected chi connectivity index (χ4v) is 5.45. The van der Waals surface area contributed by atoms with Crippen LogP contribution in [0.3, 0.4) is 0 Å². The maximum atomic E-state index is 13.2. The van der Waals surface area contributed by atoms with Crippen LogP contribution in [-0.4, -0.2) is 63.9 Å². The van der Waals surface area contributed by atoms with E-state index in [2.05, 4.69) is 32.0 Å². The molecule has 0 aliphatic carbocycles. The van der Waals surface area contributed by atoms with E-state index in [0.29, 0.717) is 18.2 Å². The van der Waals surface area contributed by atoms with Crippen molar-refractivity contribution in [3.8, 4) is 0 Å². The van der Waals surface area contributed by atoms with Crippen molar-refractivity contribution < 1.29 is 9.59 Å². The molecular weight excluding hydrogens is 452 g/mol. The normalized spacial score (nSPS) is 18.3. The molecule has 2 aromatic heterocycles. The van der Waals surface area contributed by atoms with Crippen molar-refractivity contribution in [1.29, 1.82) is 0 Å². The number of amides is 2. The first-order valence-electron chi connectivity index (χ1n) is 12.6. The van der Waals surface area contributed by atoms with Crippen molar-refractivity contribution in [2.24, 2.45) is 0 Å². The fourth-order valence-electron chi connectivity index (χ4n) is 5.45. The molecule has 186 valence electrons. The molecule has 8 heteroatoms. The maximum absolute atomic E-state index is 13.2. The molecule has 36 heavy (non-hydrogen) atoms. The van der Waals surface area contributed by atoms with Crippen LogP contribution in [0.5, 0.6) is 0 Å². The topological polar surface area (TPSA) is 82.5 Å². The summed E-state index contributed by atoms with van der Waals surface area (Å²) in [5.41, 5.74) is 3.44. The Morgan fingerprint density at radius 3 is 2.44 bits per heavy atom. The Bertz CT molecular complexity index is 1230. The third-order valence-corrected chi connectivity index (χ3v) is 7.35. The SMILES string of the molecule is CC(=O)N(c1cccnc1C)C1CCN(c2cc(C(=O)N3CCC(c4ccccc4)C3)ncn2)CC1. The molecule has 1 unspecified atom stereocenters. The summed E-state index contributed by atoms with van der Waals surface area (Å²) in [5, 5.41) is 0. The second-order valence-electron chi connectivity index (χ2n) is 9.62. The Morgan fingerprint density at radius 1 is 0.944 bits per heavy atom. The highest BCUT2D eigenvalue weighted by atomic mass is 16.2. The number of rotatable bonds is 5. The number of anilines is 2. The van der Waals surface area contributed by atoms with Crippen molar-refractivity contribution in [3.63, 3.8) is 0 Å². The van der Waals surface area contributed by atoms with Crippen LogP contribution in [-0.2, 0) is 4.79 Å². The molecule has 2 aliphatic heterocycles. The number of piperidine rings is 1. The molecular formula is C28H32N6O2. The van der Waals surface area contributed by atoms with Gasteiger partial charge in [-0.15, -0.1) is 0 Å². The molecule has 4 heterocycles. The molecule has 2 amide bonds. The van der Waals surface area contributed by atoms with E-state index in [1.807, 2.05) is 53.1 Å². The molecule has 0 N–H and O–H groups in total. The summed E-state index contributed by atoms with van der Waals surface area (Å²) in [6, 6.07) is 16.1. The van der Waals surface area contributed by atoms with E-state index in [1.165, 1.54) is 11.9 Å². The van der Waals surface area contributed by atoms with Gasteiger partial charge < -0.3 is 14.7 Å². The third-order valence-electron chi connectivity index (χ3n) is 7.35. The zero-order valence-corrected chi connectivity index (χ0v) is 20.9. The number of hydrogen-bond donors (Lipinski definition) is 0. The molecule has 0 saturated carbocycles. The first-order valence-corrected chi connectivity index (χ1v) is 12.6. The Labute approximate surface area is 212 Å². The number of pyridine rings is 1. The average Bonchev–Trinajstić information content (AvgIpc) is 3.41. The highest BCUT2D eigenvalue weighted by molar-refractivity contribution is 5.93. The Morgan fingerprint density at radius 2 is 1.72 bits per heavy atom. The first kappa shape index (κ1) is 23.9. The minimum atomic E-state index is -0.0400. The predicted octanol–water partition coefficient (Wildman–Crippen LogP) is 3.83. The monoisotopic (exact) mass is 484 g/mol. The minimum absolute atomic E-state index is 0.0267. The number of carbonyl (C=O) groups is 2. The summed E-state index contributed by atoms with van der Waals surface area (Å²) in [7, 11) is 0. The van der Waals surface area contributed by atoms with Crippen molar-refractivity contribution in [2.75, 3.05) is 36.0 Å². The summed E-state index contributed by atoms with van der Waals surface area (Å²) in [4.78, 5) is 44.9. The molecule has 1 aromatic carbocycles. The van der Waals surface area contributed by atoms with Crippen LogP contribution in [0.1, 0.15) is 53.8 Å². The van der Waals surface area contributed by atoms with Crippen LogP contribution in [0.4, 0.5) is 11.5 Å². The van der Waals surface area contributed by atoms with E-state index in [1.54, 1.807) is 13.1 Å². The first-order chi connectivity index (χ1) is 17.5. The van der Waals surface area contributed by atoms with Gasteiger partial charge in [-0.25, -0.2) is 9.97 Å². The lowest BCUT2D eigenvalue weighted by atomic mass is 9.99. The lowest BCUT2D eigenvalue weighted by molar-refractivity contribution is -0.117. The number of aryl methyl sites for hydroxylation is 1. The molecule has 5 rings (SSSR count). The van der Waals surface area contributed by atoms with Crippen LogP contribution < -0.4 is 9.80 Å². The lowest BCUT2D eigenvalue weighted by Gasteiger charge is -2.39. The van der Waals surface area contributed by atoms with E-state index in [-0.39, 0.29) is 17.9 Å². The van der Waals surface area contributed by atoms with Crippen LogP contribution in [0, 0.1) is 6.92 Å². The highest BCUT2D eigenvalue weighted by Gasteiger charge is 2.31. The Hall–Kier alpha value is -3.81. The van der Waals surface area contributed by atoms with Crippen molar-refractivity contribution in [1.82, 2.24) is 19.9 Å². The molecule has 0 bridgehead atoms. The molecule has 2 aliphatic rings. The predicted molar refractivity (Wildman–Crippen MR) is 139 cm³/mol. The van der Waals surface area contributed by atoms with Crippen LogP contribution in [0.2, 0.25) is 0 Å². The zero-order chi connectivity index (χ0) is 25.1. The fraction of sp³-hybridized carbons (Fsp3) is 0.393. The second kappa shape index (κ2) is 10.4. The molecule has 2 saturated heterocycles. The summed E-state index contributed by atoms with van der Waals surface area (Å²) in [6.45, 7) is 6.49. The largest absolute Gasteiger partial charge is 0.356 e.